The van der Waals surface area contributed by atoms with Gasteiger partial charge < -0.3 is 4.98 Å². The van der Waals surface area contributed by atoms with Gasteiger partial charge in [0.2, 0.25) is 0 Å². The Kier molecular flexibility index (Phi) is 2.15. The number of aromatic amines is 1. The van der Waals surface area contributed by atoms with Gasteiger partial charge in [-0.05, 0) is 24.0 Å². The molecule has 1 nitrogen and oxygen atoms in total. The number of nitrogens with one attached hydrogen (secondary N) is 1. The summed E-state index contributed by atoms with van der Waals surface area (Å²) in [5.41, 5.74) is 2.84. The zero-order valence-electron chi connectivity index (χ0n) is 6.94. The number of hydrogen-bond donors (Lipinski definition) is 1. The van der Waals surface area contributed by atoms with Crippen molar-refractivity contribution in [1.29, 1.82) is 0 Å². The summed E-state index contributed by atoms with van der Waals surface area (Å²) < 4.78 is 0. The maximum absolute atomic E-state index is 3.24. The first-order valence-electron chi connectivity index (χ1n) is 3.91. The predicted octanol–water partition coefficient (Wildman–Crippen LogP) is 2.70. The first kappa shape index (κ1) is 7.39. The van der Waals surface area contributed by atoms with E-state index in [1.54, 1.807) is 0 Å². The highest BCUT2D eigenvalue weighted by Gasteiger charge is 2.03. The number of hydrogen-bond acceptors (Lipinski definition) is 0. The molecule has 0 aromatic carbocycles. The normalized spacial score (nSPS) is 10.8. The summed E-state index contributed by atoms with van der Waals surface area (Å²) in [6.45, 7) is 6.63. The molecule has 1 rings (SSSR count). The first-order chi connectivity index (χ1) is 4.75. The highest BCUT2D eigenvalue weighted by molar-refractivity contribution is 5.23. The number of aromatic nitrogens is 1. The van der Waals surface area contributed by atoms with Gasteiger partial charge in [0.25, 0.3) is 0 Å². The van der Waals surface area contributed by atoms with Gasteiger partial charge in [-0.15, -0.1) is 0 Å². The lowest BCUT2D eigenvalue weighted by Gasteiger charge is -2.03. The monoisotopic (exact) mass is 137 g/mol. The smallest absolute Gasteiger partial charge is 0.0179 e. The Bertz CT molecular complexity index is 198. The molecule has 0 radical (unpaired) electrons. The Morgan fingerprint density at radius 1 is 1.50 bits per heavy atom. The van der Waals surface area contributed by atoms with Crippen molar-refractivity contribution in [2.75, 3.05) is 0 Å². The predicted molar refractivity (Wildman–Crippen MR) is 44.3 cm³/mol. The molecule has 0 atom stereocenters. The molecule has 0 spiro atoms. The zero-order chi connectivity index (χ0) is 7.56. The van der Waals surface area contributed by atoms with Gasteiger partial charge in [0.15, 0.2) is 0 Å². The largest absolute Gasteiger partial charge is 0.365 e. The van der Waals surface area contributed by atoms with E-state index in [0.717, 1.165) is 6.42 Å². The maximum atomic E-state index is 3.24. The summed E-state index contributed by atoms with van der Waals surface area (Å²) in [5.74, 6) is 0.654. The summed E-state index contributed by atoms with van der Waals surface area (Å²) in [4.78, 5) is 3.24. The van der Waals surface area contributed by atoms with Crippen LogP contribution in [-0.2, 0) is 6.42 Å². The lowest BCUT2D eigenvalue weighted by atomic mass is 10.0. The fourth-order valence-corrected chi connectivity index (χ4v) is 1.26. The topological polar surface area (TPSA) is 15.8 Å². The molecular weight excluding hydrogens is 122 g/mol. The SMILES string of the molecule is CCc1[nH]ccc1C(C)C. The van der Waals surface area contributed by atoms with E-state index >= 15 is 0 Å². The Morgan fingerprint density at radius 3 is 2.60 bits per heavy atom. The van der Waals surface area contributed by atoms with Crippen molar-refractivity contribution in [2.45, 2.75) is 33.1 Å². The van der Waals surface area contributed by atoms with E-state index in [1.807, 2.05) is 6.20 Å². The van der Waals surface area contributed by atoms with Gasteiger partial charge >= 0.3 is 0 Å². The lowest BCUT2D eigenvalue weighted by Crippen LogP contribution is -1.90. The molecular formula is C9H15N. The molecule has 1 heterocycles. The van der Waals surface area contributed by atoms with Gasteiger partial charge in [0.1, 0.15) is 0 Å². The molecule has 0 bridgehead atoms. The third kappa shape index (κ3) is 1.23. The van der Waals surface area contributed by atoms with E-state index in [-0.39, 0.29) is 0 Å². The maximum Gasteiger partial charge on any atom is 0.0179 e. The van der Waals surface area contributed by atoms with Crippen LogP contribution in [0.2, 0.25) is 0 Å². The molecule has 0 aliphatic heterocycles. The standard InChI is InChI=1S/C9H15N/c1-4-9-8(7(2)3)5-6-10-9/h5-7,10H,4H2,1-3H3. The molecule has 0 aliphatic carbocycles. The number of rotatable bonds is 2. The first-order valence-corrected chi connectivity index (χ1v) is 3.91. The van der Waals surface area contributed by atoms with Gasteiger partial charge in [0.05, 0.1) is 0 Å². The van der Waals surface area contributed by atoms with Gasteiger partial charge in [-0.2, -0.15) is 0 Å². The van der Waals surface area contributed by atoms with E-state index in [0.29, 0.717) is 5.92 Å². The summed E-state index contributed by atoms with van der Waals surface area (Å²) >= 11 is 0. The molecule has 0 fully saturated rings. The van der Waals surface area contributed by atoms with Crippen LogP contribution < -0.4 is 0 Å². The lowest BCUT2D eigenvalue weighted by molar-refractivity contribution is 0.841. The zero-order valence-corrected chi connectivity index (χ0v) is 6.94. The fraction of sp³-hybridized carbons (Fsp3) is 0.556. The van der Waals surface area contributed by atoms with Crippen molar-refractivity contribution < 1.29 is 0 Å². The highest BCUT2D eigenvalue weighted by Crippen LogP contribution is 2.17. The molecule has 56 valence electrons. The van der Waals surface area contributed by atoms with Gasteiger partial charge in [-0.25, -0.2) is 0 Å². The molecule has 0 saturated heterocycles. The Labute approximate surface area is 62.5 Å². The van der Waals surface area contributed by atoms with Crippen LogP contribution in [0, 0.1) is 0 Å². The van der Waals surface area contributed by atoms with E-state index in [2.05, 4.69) is 31.8 Å². The van der Waals surface area contributed by atoms with Gasteiger partial charge in [0, 0.05) is 11.9 Å². The summed E-state index contributed by atoms with van der Waals surface area (Å²) in [5, 5.41) is 0. The summed E-state index contributed by atoms with van der Waals surface area (Å²) in [6, 6.07) is 2.17. The second-order valence-corrected chi connectivity index (χ2v) is 2.92. The molecule has 0 amide bonds. The van der Waals surface area contributed by atoms with Gasteiger partial charge in [-0.3, -0.25) is 0 Å². The van der Waals surface area contributed by atoms with Crippen LogP contribution in [0.15, 0.2) is 12.3 Å². The van der Waals surface area contributed by atoms with E-state index in [1.165, 1.54) is 11.3 Å². The molecule has 1 N–H and O–H groups in total. The minimum absolute atomic E-state index is 0.654. The minimum Gasteiger partial charge on any atom is -0.365 e. The Hall–Kier alpha value is -0.720. The fourth-order valence-electron chi connectivity index (χ4n) is 1.26. The average Bonchev–Trinajstić information content (AvgIpc) is 2.33. The van der Waals surface area contributed by atoms with E-state index in [9.17, 15) is 0 Å². The van der Waals surface area contributed by atoms with Crippen LogP contribution in [0.1, 0.15) is 37.9 Å². The van der Waals surface area contributed by atoms with Crippen LogP contribution in [-0.4, -0.2) is 4.98 Å². The van der Waals surface area contributed by atoms with Crippen molar-refractivity contribution >= 4 is 0 Å². The number of aryl methyl sites for hydroxylation is 1. The quantitative estimate of drug-likeness (QED) is 0.645. The van der Waals surface area contributed by atoms with E-state index < -0.39 is 0 Å². The van der Waals surface area contributed by atoms with Crippen LogP contribution in [0.5, 0.6) is 0 Å². The van der Waals surface area contributed by atoms with Crippen LogP contribution >= 0.6 is 0 Å². The van der Waals surface area contributed by atoms with Crippen molar-refractivity contribution in [3.63, 3.8) is 0 Å². The van der Waals surface area contributed by atoms with Crippen molar-refractivity contribution in [1.82, 2.24) is 4.98 Å². The molecule has 0 unspecified atom stereocenters. The Morgan fingerprint density at radius 2 is 2.20 bits per heavy atom. The number of H-pyrrole nitrogens is 1. The third-order valence-corrected chi connectivity index (χ3v) is 1.84. The van der Waals surface area contributed by atoms with E-state index in [4.69, 9.17) is 0 Å². The minimum atomic E-state index is 0.654. The van der Waals surface area contributed by atoms with Crippen LogP contribution in [0.25, 0.3) is 0 Å². The van der Waals surface area contributed by atoms with Crippen LogP contribution in [0.4, 0.5) is 0 Å². The van der Waals surface area contributed by atoms with Crippen molar-refractivity contribution in [2.24, 2.45) is 0 Å². The summed E-state index contributed by atoms with van der Waals surface area (Å²) in [7, 11) is 0. The molecule has 0 aliphatic rings. The molecule has 1 heteroatoms. The molecule has 10 heavy (non-hydrogen) atoms. The molecule has 0 saturated carbocycles. The second-order valence-electron chi connectivity index (χ2n) is 2.92. The van der Waals surface area contributed by atoms with Crippen LogP contribution in [0.3, 0.4) is 0 Å². The Balaban J connectivity index is 2.90. The van der Waals surface area contributed by atoms with Crippen molar-refractivity contribution in [3.05, 3.63) is 23.5 Å². The highest BCUT2D eigenvalue weighted by atomic mass is 14.7. The van der Waals surface area contributed by atoms with Gasteiger partial charge in [-0.1, -0.05) is 20.8 Å². The second kappa shape index (κ2) is 2.91. The summed E-state index contributed by atoms with van der Waals surface area (Å²) in [6.07, 6.45) is 3.13. The molecule has 1 aromatic heterocycles. The third-order valence-electron chi connectivity index (χ3n) is 1.84. The average molecular weight is 137 g/mol. The molecule has 1 aromatic rings. The van der Waals surface area contributed by atoms with Crippen molar-refractivity contribution in [3.8, 4) is 0 Å².